The van der Waals surface area contributed by atoms with E-state index >= 15 is 0 Å². The number of aromatic amines is 1. The van der Waals surface area contributed by atoms with Crippen LogP contribution in [0.3, 0.4) is 0 Å². The van der Waals surface area contributed by atoms with Crippen LogP contribution in [0, 0.1) is 0 Å². The molecule has 0 bridgehead atoms. The van der Waals surface area contributed by atoms with Crippen LogP contribution < -0.4 is 0 Å². The standard InChI is InChI=1S/C7H9N3O2/c1-12-6(11)7(2-3-7)5-8-4-9-10-5/h4H,2-3H2,1H3,(H,8,9,10). The maximum atomic E-state index is 11.3. The normalized spacial score (nSPS) is 18.8. The van der Waals surface area contributed by atoms with E-state index in [1.54, 1.807) is 0 Å². The van der Waals surface area contributed by atoms with Gasteiger partial charge in [-0.25, -0.2) is 4.98 Å². The maximum absolute atomic E-state index is 11.3. The minimum atomic E-state index is -0.509. The highest BCUT2D eigenvalue weighted by molar-refractivity contribution is 5.85. The van der Waals surface area contributed by atoms with Crippen LogP contribution >= 0.6 is 0 Å². The first-order chi connectivity index (χ1) is 5.79. The summed E-state index contributed by atoms with van der Waals surface area (Å²) in [7, 11) is 1.39. The molecular weight excluding hydrogens is 158 g/mol. The number of hydrogen-bond acceptors (Lipinski definition) is 4. The molecule has 1 N–H and O–H groups in total. The van der Waals surface area contributed by atoms with E-state index in [0.29, 0.717) is 5.82 Å². The summed E-state index contributed by atoms with van der Waals surface area (Å²) in [5.74, 6) is 0.397. The van der Waals surface area contributed by atoms with Gasteiger partial charge in [-0.15, -0.1) is 0 Å². The van der Waals surface area contributed by atoms with E-state index in [1.807, 2.05) is 0 Å². The fourth-order valence-electron chi connectivity index (χ4n) is 1.29. The second-order valence-corrected chi connectivity index (χ2v) is 2.91. The van der Waals surface area contributed by atoms with Crippen LogP contribution in [0.4, 0.5) is 0 Å². The van der Waals surface area contributed by atoms with Gasteiger partial charge in [-0.2, -0.15) is 5.10 Å². The van der Waals surface area contributed by atoms with Crippen LogP contribution in [0.15, 0.2) is 6.33 Å². The molecule has 12 heavy (non-hydrogen) atoms. The molecule has 1 aliphatic carbocycles. The zero-order chi connectivity index (χ0) is 8.60. The predicted molar refractivity (Wildman–Crippen MR) is 39.3 cm³/mol. The summed E-state index contributed by atoms with van der Waals surface area (Å²) in [6, 6.07) is 0. The SMILES string of the molecule is COC(=O)C1(c2ncn[nH]2)CC1. The average Bonchev–Trinajstić information content (AvgIpc) is 2.73. The first-order valence-electron chi connectivity index (χ1n) is 3.74. The molecule has 5 heteroatoms. The molecule has 5 nitrogen and oxygen atoms in total. The van der Waals surface area contributed by atoms with E-state index in [0.717, 1.165) is 12.8 Å². The van der Waals surface area contributed by atoms with Crippen molar-refractivity contribution >= 4 is 5.97 Å². The second kappa shape index (κ2) is 2.30. The zero-order valence-corrected chi connectivity index (χ0v) is 6.70. The van der Waals surface area contributed by atoms with Crippen LogP contribution in [0.1, 0.15) is 18.7 Å². The monoisotopic (exact) mass is 167 g/mol. The number of aromatic nitrogens is 3. The highest BCUT2D eigenvalue weighted by Crippen LogP contribution is 2.47. The third-order valence-electron chi connectivity index (χ3n) is 2.19. The Morgan fingerprint density at radius 1 is 1.75 bits per heavy atom. The summed E-state index contributed by atoms with van der Waals surface area (Å²) in [6.45, 7) is 0. The topological polar surface area (TPSA) is 67.9 Å². The van der Waals surface area contributed by atoms with Crippen LogP contribution in [-0.2, 0) is 14.9 Å². The Morgan fingerprint density at radius 2 is 2.50 bits per heavy atom. The fraction of sp³-hybridized carbons (Fsp3) is 0.571. The van der Waals surface area contributed by atoms with Gasteiger partial charge < -0.3 is 4.74 Å². The average molecular weight is 167 g/mol. The molecule has 0 amide bonds. The summed E-state index contributed by atoms with van der Waals surface area (Å²) in [6.07, 6.45) is 3.00. The molecule has 1 fully saturated rings. The zero-order valence-electron chi connectivity index (χ0n) is 6.70. The number of carbonyl (C=O) groups is 1. The molecule has 0 atom stereocenters. The van der Waals surface area contributed by atoms with Crippen molar-refractivity contribution in [3.05, 3.63) is 12.2 Å². The summed E-state index contributed by atoms with van der Waals surface area (Å²) in [4.78, 5) is 15.2. The van der Waals surface area contributed by atoms with Crippen molar-refractivity contribution in [1.29, 1.82) is 0 Å². The molecule has 0 aromatic carbocycles. The molecule has 0 unspecified atom stereocenters. The van der Waals surface area contributed by atoms with E-state index in [-0.39, 0.29) is 5.97 Å². The van der Waals surface area contributed by atoms with Crippen molar-refractivity contribution in [3.8, 4) is 0 Å². The van der Waals surface area contributed by atoms with Crippen molar-refractivity contribution < 1.29 is 9.53 Å². The molecule has 64 valence electrons. The minimum absolute atomic E-state index is 0.223. The van der Waals surface area contributed by atoms with Crippen LogP contribution in [0.2, 0.25) is 0 Å². The van der Waals surface area contributed by atoms with Crippen LogP contribution in [-0.4, -0.2) is 28.3 Å². The largest absolute Gasteiger partial charge is 0.468 e. The number of hydrogen-bond donors (Lipinski definition) is 1. The van der Waals surface area contributed by atoms with Crippen LogP contribution in [0.5, 0.6) is 0 Å². The Labute approximate surface area is 69.1 Å². The van der Waals surface area contributed by atoms with E-state index in [4.69, 9.17) is 0 Å². The van der Waals surface area contributed by atoms with Gasteiger partial charge in [-0.05, 0) is 12.8 Å². The van der Waals surface area contributed by atoms with Gasteiger partial charge in [0.25, 0.3) is 0 Å². The lowest BCUT2D eigenvalue weighted by atomic mass is 10.1. The Bertz CT molecular complexity index is 290. The Hall–Kier alpha value is -1.39. The maximum Gasteiger partial charge on any atom is 0.319 e. The second-order valence-electron chi connectivity index (χ2n) is 2.91. The molecular formula is C7H9N3O2. The number of ether oxygens (including phenoxy) is 1. The Balaban J connectivity index is 2.28. The summed E-state index contributed by atoms with van der Waals surface area (Å²) in [5, 5.41) is 6.39. The van der Waals surface area contributed by atoms with Crippen molar-refractivity contribution in [1.82, 2.24) is 15.2 Å². The van der Waals surface area contributed by atoms with Crippen molar-refractivity contribution in [2.24, 2.45) is 0 Å². The molecule has 1 aromatic rings. The van der Waals surface area contributed by atoms with Gasteiger partial charge in [0.15, 0.2) is 0 Å². The van der Waals surface area contributed by atoms with Crippen molar-refractivity contribution in [2.75, 3.05) is 7.11 Å². The number of methoxy groups -OCH3 is 1. The van der Waals surface area contributed by atoms with Gasteiger partial charge in [0.2, 0.25) is 0 Å². The third-order valence-corrected chi connectivity index (χ3v) is 2.19. The molecule has 1 saturated carbocycles. The molecule has 1 aromatic heterocycles. The molecule has 1 heterocycles. The van der Waals surface area contributed by atoms with E-state index in [2.05, 4.69) is 19.9 Å². The third kappa shape index (κ3) is 0.823. The summed E-state index contributed by atoms with van der Waals surface area (Å²) < 4.78 is 4.67. The molecule has 0 spiro atoms. The molecule has 0 radical (unpaired) electrons. The number of nitrogens with one attached hydrogen (secondary N) is 1. The lowest BCUT2D eigenvalue weighted by molar-refractivity contribution is -0.143. The highest BCUT2D eigenvalue weighted by Gasteiger charge is 2.55. The van der Waals surface area contributed by atoms with Crippen LogP contribution in [0.25, 0.3) is 0 Å². The van der Waals surface area contributed by atoms with Gasteiger partial charge in [-0.1, -0.05) is 0 Å². The van der Waals surface area contributed by atoms with Gasteiger partial charge in [0.05, 0.1) is 7.11 Å². The molecule has 2 rings (SSSR count). The first kappa shape index (κ1) is 7.27. The number of esters is 1. The van der Waals surface area contributed by atoms with Crippen molar-refractivity contribution in [3.63, 3.8) is 0 Å². The van der Waals surface area contributed by atoms with Gasteiger partial charge in [0.1, 0.15) is 17.6 Å². The summed E-state index contributed by atoms with van der Waals surface area (Å²) in [5.41, 5.74) is -0.509. The van der Waals surface area contributed by atoms with E-state index in [9.17, 15) is 4.79 Å². The number of carbonyl (C=O) groups excluding carboxylic acids is 1. The van der Waals surface area contributed by atoms with Crippen molar-refractivity contribution in [2.45, 2.75) is 18.3 Å². The Kier molecular flexibility index (Phi) is 1.39. The number of nitrogens with zero attached hydrogens (tertiary/aromatic N) is 2. The Morgan fingerprint density at radius 3 is 2.92 bits per heavy atom. The lowest BCUT2D eigenvalue weighted by Crippen LogP contribution is -2.23. The van der Waals surface area contributed by atoms with Gasteiger partial charge in [-0.3, -0.25) is 9.89 Å². The van der Waals surface area contributed by atoms with E-state index in [1.165, 1.54) is 13.4 Å². The first-order valence-corrected chi connectivity index (χ1v) is 3.74. The summed E-state index contributed by atoms with van der Waals surface area (Å²) >= 11 is 0. The predicted octanol–water partition coefficient (Wildman–Crippen LogP) is 0.00930. The van der Waals surface area contributed by atoms with Gasteiger partial charge >= 0.3 is 5.97 Å². The molecule has 0 aliphatic heterocycles. The fourth-order valence-corrected chi connectivity index (χ4v) is 1.29. The smallest absolute Gasteiger partial charge is 0.319 e. The molecule has 0 saturated heterocycles. The minimum Gasteiger partial charge on any atom is -0.468 e. The van der Waals surface area contributed by atoms with Gasteiger partial charge in [0, 0.05) is 0 Å². The quantitative estimate of drug-likeness (QED) is 0.630. The highest BCUT2D eigenvalue weighted by atomic mass is 16.5. The number of rotatable bonds is 2. The lowest BCUT2D eigenvalue weighted by Gasteiger charge is -2.07. The van der Waals surface area contributed by atoms with E-state index < -0.39 is 5.41 Å². The number of H-pyrrole nitrogens is 1. The molecule has 1 aliphatic rings.